The lowest BCUT2D eigenvalue weighted by Crippen LogP contribution is -2.17. The molecule has 0 saturated heterocycles. The zero-order valence-electron chi connectivity index (χ0n) is 9.85. The van der Waals surface area contributed by atoms with Gasteiger partial charge in [-0.3, -0.25) is 0 Å². The van der Waals surface area contributed by atoms with Crippen molar-refractivity contribution in [3.63, 3.8) is 0 Å². The maximum Gasteiger partial charge on any atom is 0.336 e. The number of aromatic hydroxyl groups is 1. The van der Waals surface area contributed by atoms with Gasteiger partial charge in [-0.2, -0.15) is 0 Å². The standard InChI is InChI=1S/C13H13FO4/c1-2-9(7-14)17-12-6-11-8(5-10(12)15)3-4-13(16)18-11/h3-6,9,15H,2,7H2,1H3. The monoisotopic (exact) mass is 252 g/mol. The highest BCUT2D eigenvalue weighted by Gasteiger charge is 2.12. The van der Waals surface area contributed by atoms with Gasteiger partial charge < -0.3 is 14.3 Å². The van der Waals surface area contributed by atoms with Crippen molar-refractivity contribution >= 4 is 11.0 Å². The summed E-state index contributed by atoms with van der Waals surface area (Å²) in [6.45, 7) is 1.13. The van der Waals surface area contributed by atoms with Crippen molar-refractivity contribution in [1.82, 2.24) is 0 Å². The summed E-state index contributed by atoms with van der Waals surface area (Å²) < 4.78 is 22.8. The van der Waals surface area contributed by atoms with E-state index in [0.29, 0.717) is 17.4 Å². The van der Waals surface area contributed by atoms with E-state index in [1.807, 2.05) is 0 Å². The second-order valence-corrected chi connectivity index (χ2v) is 3.91. The SMILES string of the molecule is CCC(CF)Oc1cc2oc(=O)ccc2cc1O. The van der Waals surface area contributed by atoms with Gasteiger partial charge in [-0.05, 0) is 18.6 Å². The van der Waals surface area contributed by atoms with Crippen LogP contribution < -0.4 is 10.4 Å². The molecule has 1 aromatic carbocycles. The number of hydrogen-bond acceptors (Lipinski definition) is 4. The number of alkyl halides is 1. The van der Waals surface area contributed by atoms with Crippen LogP contribution in [0.4, 0.5) is 4.39 Å². The van der Waals surface area contributed by atoms with Crippen LogP contribution in [0, 0.1) is 0 Å². The van der Waals surface area contributed by atoms with Gasteiger partial charge in [0.25, 0.3) is 0 Å². The second kappa shape index (κ2) is 5.08. The molecule has 1 atom stereocenters. The molecule has 4 nitrogen and oxygen atoms in total. The zero-order valence-corrected chi connectivity index (χ0v) is 9.85. The van der Waals surface area contributed by atoms with E-state index in [0.717, 1.165) is 0 Å². The molecule has 0 spiro atoms. The molecule has 0 bridgehead atoms. The number of phenolic OH excluding ortho intramolecular Hbond substituents is 1. The van der Waals surface area contributed by atoms with Crippen molar-refractivity contribution in [1.29, 1.82) is 0 Å². The number of phenols is 1. The van der Waals surface area contributed by atoms with Gasteiger partial charge >= 0.3 is 5.63 Å². The Hall–Kier alpha value is -2.04. The third kappa shape index (κ3) is 2.45. The number of benzene rings is 1. The number of fused-ring (bicyclic) bond motifs is 1. The van der Waals surface area contributed by atoms with Gasteiger partial charge in [-0.1, -0.05) is 6.92 Å². The molecule has 0 aliphatic heterocycles. The summed E-state index contributed by atoms with van der Waals surface area (Å²) in [6, 6.07) is 5.61. The molecule has 96 valence electrons. The minimum atomic E-state index is -0.646. The van der Waals surface area contributed by atoms with Crippen LogP contribution in [0.3, 0.4) is 0 Å². The van der Waals surface area contributed by atoms with E-state index in [4.69, 9.17) is 9.15 Å². The molecule has 1 unspecified atom stereocenters. The quantitative estimate of drug-likeness (QED) is 0.850. The molecule has 1 aromatic heterocycles. The molecule has 1 heterocycles. The van der Waals surface area contributed by atoms with Crippen LogP contribution in [-0.2, 0) is 0 Å². The van der Waals surface area contributed by atoms with Gasteiger partial charge in [0.15, 0.2) is 11.5 Å². The largest absolute Gasteiger partial charge is 0.504 e. The topological polar surface area (TPSA) is 59.7 Å². The van der Waals surface area contributed by atoms with Crippen molar-refractivity contribution in [2.75, 3.05) is 6.67 Å². The Labute approximate surface area is 103 Å². The minimum absolute atomic E-state index is 0.108. The van der Waals surface area contributed by atoms with Gasteiger partial charge in [0.1, 0.15) is 18.4 Å². The summed E-state index contributed by atoms with van der Waals surface area (Å²) in [4.78, 5) is 11.1. The van der Waals surface area contributed by atoms with E-state index < -0.39 is 18.4 Å². The summed E-state index contributed by atoms with van der Waals surface area (Å²) in [5.41, 5.74) is -0.194. The van der Waals surface area contributed by atoms with Crippen LogP contribution in [0.5, 0.6) is 11.5 Å². The molecule has 5 heteroatoms. The van der Waals surface area contributed by atoms with Gasteiger partial charge in [0.2, 0.25) is 0 Å². The number of ether oxygens (including phenoxy) is 1. The first kappa shape index (κ1) is 12.4. The maximum absolute atomic E-state index is 12.6. The fourth-order valence-electron chi connectivity index (χ4n) is 1.58. The molecular weight excluding hydrogens is 239 g/mol. The highest BCUT2D eigenvalue weighted by Crippen LogP contribution is 2.31. The summed E-state index contributed by atoms with van der Waals surface area (Å²) in [5, 5.41) is 10.3. The fourth-order valence-corrected chi connectivity index (χ4v) is 1.58. The van der Waals surface area contributed by atoms with Crippen molar-refractivity contribution in [3.8, 4) is 11.5 Å². The van der Waals surface area contributed by atoms with E-state index in [1.54, 1.807) is 6.92 Å². The van der Waals surface area contributed by atoms with E-state index in [2.05, 4.69) is 0 Å². The first-order chi connectivity index (χ1) is 8.63. The van der Waals surface area contributed by atoms with Crippen molar-refractivity contribution in [2.24, 2.45) is 0 Å². The van der Waals surface area contributed by atoms with E-state index >= 15 is 0 Å². The fraction of sp³-hybridized carbons (Fsp3) is 0.308. The molecule has 0 fully saturated rings. The second-order valence-electron chi connectivity index (χ2n) is 3.91. The van der Waals surface area contributed by atoms with Crippen molar-refractivity contribution in [2.45, 2.75) is 19.4 Å². The molecule has 0 aliphatic carbocycles. The smallest absolute Gasteiger partial charge is 0.336 e. The molecule has 2 aromatic rings. The van der Waals surface area contributed by atoms with Crippen LogP contribution in [-0.4, -0.2) is 17.9 Å². The summed E-state index contributed by atoms with van der Waals surface area (Å²) in [6.07, 6.45) is -0.143. The summed E-state index contributed by atoms with van der Waals surface area (Å²) in [7, 11) is 0. The van der Waals surface area contributed by atoms with Crippen molar-refractivity contribution < 1.29 is 18.7 Å². The number of hydrogen-bond donors (Lipinski definition) is 1. The lowest BCUT2D eigenvalue weighted by Gasteiger charge is -2.15. The lowest BCUT2D eigenvalue weighted by molar-refractivity contribution is 0.155. The van der Waals surface area contributed by atoms with Gasteiger partial charge in [0.05, 0.1) is 0 Å². The highest BCUT2D eigenvalue weighted by atomic mass is 19.1. The molecular formula is C13H13FO4. The Kier molecular flexibility index (Phi) is 3.50. The van der Waals surface area contributed by atoms with Crippen LogP contribution >= 0.6 is 0 Å². The molecule has 0 saturated carbocycles. The van der Waals surface area contributed by atoms with Crippen LogP contribution in [0.25, 0.3) is 11.0 Å². The molecule has 0 amide bonds. The Morgan fingerprint density at radius 2 is 2.22 bits per heavy atom. The Morgan fingerprint density at radius 1 is 1.44 bits per heavy atom. The third-order valence-corrected chi connectivity index (χ3v) is 2.62. The Morgan fingerprint density at radius 3 is 2.89 bits per heavy atom. The molecule has 2 rings (SSSR count). The maximum atomic E-state index is 12.6. The normalized spacial score (nSPS) is 12.6. The van der Waals surface area contributed by atoms with E-state index in [-0.39, 0.29) is 11.5 Å². The van der Waals surface area contributed by atoms with E-state index in [1.165, 1.54) is 24.3 Å². The minimum Gasteiger partial charge on any atom is -0.504 e. The predicted octanol–water partition coefficient (Wildman–Crippen LogP) is 2.63. The number of halogens is 1. The predicted molar refractivity (Wildman–Crippen MR) is 64.8 cm³/mol. The van der Waals surface area contributed by atoms with Gasteiger partial charge in [-0.15, -0.1) is 0 Å². The van der Waals surface area contributed by atoms with Crippen LogP contribution in [0.2, 0.25) is 0 Å². The van der Waals surface area contributed by atoms with Gasteiger partial charge in [-0.25, -0.2) is 9.18 Å². The summed E-state index contributed by atoms with van der Waals surface area (Å²) >= 11 is 0. The lowest BCUT2D eigenvalue weighted by atomic mass is 10.2. The molecule has 1 N–H and O–H groups in total. The first-order valence-electron chi connectivity index (χ1n) is 5.63. The first-order valence-corrected chi connectivity index (χ1v) is 5.63. The Balaban J connectivity index is 2.44. The zero-order chi connectivity index (χ0) is 13.1. The molecule has 18 heavy (non-hydrogen) atoms. The third-order valence-electron chi connectivity index (χ3n) is 2.62. The van der Waals surface area contributed by atoms with Crippen molar-refractivity contribution in [3.05, 3.63) is 34.7 Å². The average molecular weight is 252 g/mol. The number of rotatable bonds is 4. The Bertz CT molecular complexity index is 601. The van der Waals surface area contributed by atoms with Crippen LogP contribution in [0.15, 0.2) is 33.5 Å². The summed E-state index contributed by atoms with van der Waals surface area (Å²) in [5.74, 6) is 0.00426. The average Bonchev–Trinajstić information content (AvgIpc) is 2.36. The van der Waals surface area contributed by atoms with Gasteiger partial charge in [0, 0.05) is 17.5 Å². The van der Waals surface area contributed by atoms with E-state index in [9.17, 15) is 14.3 Å². The molecule has 0 aliphatic rings. The van der Waals surface area contributed by atoms with Crippen LogP contribution in [0.1, 0.15) is 13.3 Å². The highest BCUT2D eigenvalue weighted by molar-refractivity contribution is 5.80. The molecule has 0 radical (unpaired) electrons.